The normalized spacial score (nSPS) is 13.7. The first kappa shape index (κ1) is 26.3. The molecule has 0 unspecified atom stereocenters. The van der Waals surface area contributed by atoms with Crippen LogP contribution in [-0.4, -0.2) is 67.9 Å². The van der Waals surface area contributed by atoms with Gasteiger partial charge in [0.05, 0.1) is 9.82 Å². The van der Waals surface area contributed by atoms with Crippen molar-refractivity contribution in [2.24, 2.45) is 0 Å². The highest BCUT2D eigenvalue weighted by atomic mass is 32.2. The monoisotopic (exact) mass is 543 g/mol. The van der Waals surface area contributed by atoms with E-state index in [1.54, 1.807) is 17.8 Å². The number of amides is 1. The summed E-state index contributed by atoms with van der Waals surface area (Å²) in [6.07, 6.45) is 0. The fourth-order valence-electron chi connectivity index (χ4n) is 3.59. The van der Waals surface area contributed by atoms with Gasteiger partial charge in [-0.25, -0.2) is 13.1 Å². The summed E-state index contributed by atoms with van der Waals surface area (Å²) in [6, 6.07) is 16.1. The second-order valence-electron chi connectivity index (χ2n) is 7.97. The fourth-order valence-corrected chi connectivity index (χ4v) is 5.36. The molecular weight excluding hydrogens is 518 g/mol. The molecule has 194 valence electrons. The van der Waals surface area contributed by atoms with E-state index in [0.717, 1.165) is 37.1 Å². The number of hydrogen-bond donors (Lipinski definition) is 3. The van der Waals surface area contributed by atoms with E-state index in [1.807, 2.05) is 40.0 Å². The first-order valence-electron chi connectivity index (χ1n) is 11.4. The summed E-state index contributed by atoms with van der Waals surface area (Å²) in [5, 5.41) is 25.7. The maximum atomic E-state index is 12.8. The van der Waals surface area contributed by atoms with Gasteiger partial charge in [0.15, 0.2) is 11.5 Å². The Kier molecular flexibility index (Phi) is 8.53. The highest BCUT2D eigenvalue weighted by molar-refractivity contribution is 7.99. The number of thioether (sulfide) groups is 1. The number of nitrogens with zero attached hydrogens (tertiary/aromatic N) is 4. The molecule has 12 nitrogen and oxygen atoms in total. The van der Waals surface area contributed by atoms with Crippen molar-refractivity contribution in [2.45, 2.75) is 9.79 Å². The summed E-state index contributed by atoms with van der Waals surface area (Å²) in [5.74, 6) is 0.245. The molecule has 0 atom stereocenters. The Balaban J connectivity index is 1.40. The van der Waals surface area contributed by atoms with Gasteiger partial charge in [-0.1, -0.05) is 18.2 Å². The minimum Gasteiger partial charge on any atom is -0.379 e. The number of aromatic nitrogens is 2. The number of carbonyl (C=O) groups is 1. The molecule has 0 bridgehead atoms. The number of carbonyl (C=O) groups excluding carboxylic acids is 1. The maximum absolute atomic E-state index is 12.8. The van der Waals surface area contributed by atoms with Gasteiger partial charge < -0.3 is 15.5 Å². The minimum atomic E-state index is -4.39. The van der Waals surface area contributed by atoms with Crippen molar-refractivity contribution < 1.29 is 18.1 Å². The molecule has 1 aliphatic heterocycles. The Bertz CT molecular complexity index is 1350. The molecule has 1 aromatic heterocycles. The topological polar surface area (TPSA) is 159 Å². The molecule has 4 rings (SSSR count). The average Bonchev–Trinajstić information content (AvgIpc) is 2.92. The molecule has 2 heterocycles. The lowest BCUT2D eigenvalue weighted by Crippen LogP contribution is -2.44. The van der Waals surface area contributed by atoms with Crippen LogP contribution in [0.4, 0.5) is 17.2 Å². The van der Waals surface area contributed by atoms with Crippen molar-refractivity contribution in [1.29, 1.82) is 0 Å². The summed E-state index contributed by atoms with van der Waals surface area (Å²) in [7, 11) is -4.39. The SMILES string of the molecule is O=C(NS(=O)(=O)c1ccc(NCCSc2ccccc2)c([N+](=O)[O-])c1)c1ccc(N2CCNCC2)nn1. The lowest BCUT2D eigenvalue weighted by atomic mass is 10.2. The van der Waals surface area contributed by atoms with Crippen LogP contribution in [0.15, 0.2) is 70.5 Å². The van der Waals surface area contributed by atoms with Crippen molar-refractivity contribution in [2.75, 3.05) is 48.7 Å². The first-order valence-corrected chi connectivity index (χ1v) is 13.9. The molecule has 3 N–H and O–H groups in total. The zero-order valence-corrected chi connectivity index (χ0v) is 21.3. The molecular formula is C23H25N7O5S2. The fraction of sp³-hybridized carbons (Fsp3) is 0.261. The Morgan fingerprint density at radius 2 is 1.84 bits per heavy atom. The molecule has 1 amide bonds. The number of anilines is 2. The van der Waals surface area contributed by atoms with Crippen LogP contribution < -0.4 is 20.3 Å². The molecule has 1 aliphatic rings. The van der Waals surface area contributed by atoms with Crippen molar-refractivity contribution in [3.8, 4) is 0 Å². The van der Waals surface area contributed by atoms with E-state index < -0.39 is 31.4 Å². The number of nitro benzene ring substituents is 1. The van der Waals surface area contributed by atoms with E-state index in [9.17, 15) is 23.3 Å². The van der Waals surface area contributed by atoms with Crippen molar-refractivity contribution in [3.05, 3.63) is 76.5 Å². The van der Waals surface area contributed by atoms with E-state index in [4.69, 9.17) is 0 Å². The third-order valence-electron chi connectivity index (χ3n) is 5.46. The molecule has 37 heavy (non-hydrogen) atoms. The molecule has 14 heteroatoms. The van der Waals surface area contributed by atoms with Gasteiger partial charge in [-0.05, 0) is 36.4 Å². The van der Waals surface area contributed by atoms with Crippen LogP contribution in [0, 0.1) is 10.1 Å². The zero-order chi connectivity index (χ0) is 26.3. The standard InChI is InChI=1S/C23H25N7O5S2/c31-23(20-8-9-22(27-26-20)29-13-10-24-11-14-29)28-37(34,35)18-6-7-19(21(16-18)30(32)33)25-12-15-36-17-4-2-1-3-5-17/h1-9,16,24-25H,10-15H2,(H,28,31). The summed E-state index contributed by atoms with van der Waals surface area (Å²) < 4.78 is 27.5. The summed E-state index contributed by atoms with van der Waals surface area (Å²) in [6.45, 7) is 3.50. The second-order valence-corrected chi connectivity index (χ2v) is 10.8. The third kappa shape index (κ3) is 6.93. The highest BCUT2D eigenvalue weighted by Gasteiger charge is 2.24. The molecule has 0 aliphatic carbocycles. The van der Waals surface area contributed by atoms with Gasteiger partial charge in [0.1, 0.15) is 5.69 Å². The van der Waals surface area contributed by atoms with Crippen LogP contribution in [0.1, 0.15) is 10.5 Å². The summed E-state index contributed by atoms with van der Waals surface area (Å²) in [4.78, 5) is 26.1. The van der Waals surface area contributed by atoms with E-state index in [0.29, 0.717) is 18.1 Å². The predicted molar refractivity (Wildman–Crippen MR) is 141 cm³/mol. The Morgan fingerprint density at radius 1 is 1.08 bits per heavy atom. The van der Waals surface area contributed by atoms with Gasteiger partial charge in [-0.2, -0.15) is 0 Å². The first-order chi connectivity index (χ1) is 17.8. The van der Waals surface area contributed by atoms with E-state index in [1.165, 1.54) is 18.2 Å². The average molecular weight is 544 g/mol. The zero-order valence-electron chi connectivity index (χ0n) is 19.7. The second kappa shape index (κ2) is 12.0. The van der Waals surface area contributed by atoms with Crippen LogP contribution in [0.3, 0.4) is 0 Å². The number of rotatable bonds is 10. The smallest absolute Gasteiger partial charge is 0.293 e. The number of nitrogens with one attached hydrogen (secondary N) is 3. The minimum absolute atomic E-state index is 0.179. The van der Waals surface area contributed by atoms with Gasteiger partial charge in [0.2, 0.25) is 0 Å². The van der Waals surface area contributed by atoms with Gasteiger partial charge >= 0.3 is 0 Å². The molecule has 0 saturated carbocycles. The lowest BCUT2D eigenvalue weighted by molar-refractivity contribution is -0.384. The van der Waals surface area contributed by atoms with Crippen LogP contribution in [-0.2, 0) is 10.0 Å². The lowest BCUT2D eigenvalue weighted by Gasteiger charge is -2.27. The highest BCUT2D eigenvalue weighted by Crippen LogP contribution is 2.28. The van der Waals surface area contributed by atoms with E-state index in [-0.39, 0.29) is 11.4 Å². The molecule has 2 aromatic carbocycles. The number of piperazine rings is 1. The number of hydrogen-bond acceptors (Lipinski definition) is 11. The van der Waals surface area contributed by atoms with Gasteiger partial charge in [0, 0.05) is 49.4 Å². The van der Waals surface area contributed by atoms with Crippen molar-refractivity contribution >= 4 is 44.9 Å². The third-order valence-corrected chi connectivity index (χ3v) is 7.80. The Hall–Kier alpha value is -3.75. The predicted octanol–water partition coefficient (Wildman–Crippen LogP) is 2.12. The Morgan fingerprint density at radius 3 is 2.51 bits per heavy atom. The molecule has 1 saturated heterocycles. The Labute approximate surface area is 218 Å². The largest absolute Gasteiger partial charge is 0.379 e. The molecule has 3 aromatic rings. The van der Waals surface area contributed by atoms with Crippen LogP contribution >= 0.6 is 11.8 Å². The van der Waals surface area contributed by atoms with E-state index >= 15 is 0 Å². The van der Waals surface area contributed by atoms with Crippen LogP contribution in [0.5, 0.6) is 0 Å². The van der Waals surface area contributed by atoms with Crippen molar-refractivity contribution in [3.63, 3.8) is 0 Å². The van der Waals surface area contributed by atoms with Gasteiger partial charge in [-0.3, -0.25) is 14.9 Å². The van der Waals surface area contributed by atoms with Crippen LogP contribution in [0.2, 0.25) is 0 Å². The van der Waals surface area contributed by atoms with Crippen molar-refractivity contribution in [1.82, 2.24) is 20.2 Å². The molecule has 0 radical (unpaired) electrons. The summed E-state index contributed by atoms with van der Waals surface area (Å²) >= 11 is 1.58. The van der Waals surface area contributed by atoms with E-state index in [2.05, 4.69) is 20.8 Å². The quantitative estimate of drug-likeness (QED) is 0.149. The number of sulfonamides is 1. The maximum Gasteiger partial charge on any atom is 0.293 e. The van der Waals surface area contributed by atoms with Gasteiger partial charge in [0.25, 0.3) is 21.6 Å². The molecule has 0 spiro atoms. The molecule has 1 fully saturated rings. The van der Waals surface area contributed by atoms with Crippen LogP contribution in [0.25, 0.3) is 0 Å². The number of benzene rings is 2. The number of nitro groups is 1. The summed E-state index contributed by atoms with van der Waals surface area (Å²) in [5.41, 5.74) is -0.426. The van der Waals surface area contributed by atoms with Gasteiger partial charge in [-0.15, -0.1) is 22.0 Å².